The number of rotatable bonds is 9. The summed E-state index contributed by atoms with van der Waals surface area (Å²) in [6, 6.07) is 16.9. The molecular formula is C32H35N3O7. The van der Waals surface area contributed by atoms with Crippen molar-refractivity contribution in [2.24, 2.45) is 0 Å². The van der Waals surface area contributed by atoms with Crippen LogP contribution in [-0.4, -0.2) is 51.8 Å². The van der Waals surface area contributed by atoms with Gasteiger partial charge in [0.1, 0.15) is 34.9 Å². The second kappa shape index (κ2) is 13.5. The second-order valence-electron chi connectivity index (χ2n) is 10.6. The lowest BCUT2D eigenvalue weighted by Crippen LogP contribution is -2.51. The smallest absolute Gasteiger partial charge is 0.408 e. The monoisotopic (exact) mass is 573 g/mol. The topological polar surface area (TPSA) is 137 Å². The second-order valence-corrected chi connectivity index (χ2v) is 10.6. The van der Waals surface area contributed by atoms with Crippen molar-refractivity contribution < 1.29 is 34.1 Å². The average Bonchev–Trinajstić information content (AvgIpc) is 2.93. The van der Waals surface area contributed by atoms with E-state index in [4.69, 9.17) is 15.9 Å². The fraction of sp³-hybridized carbons (Fsp3) is 0.281. The van der Waals surface area contributed by atoms with Crippen molar-refractivity contribution in [3.8, 4) is 29.7 Å². The first-order valence-corrected chi connectivity index (χ1v) is 13.1. The summed E-state index contributed by atoms with van der Waals surface area (Å²) in [5.74, 6) is -0.757. The highest BCUT2D eigenvalue weighted by Crippen LogP contribution is 2.28. The minimum Gasteiger partial charge on any atom is -0.508 e. The number of methoxy groups -OCH3 is 1. The number of amides is 3. The average molecular weight is 574 g/mol. The molecule has 3 rings (SSSR count). The zero-order valence-corrected chi connectivity index (χ0v) is 24.2. The summed E-state index contributed by atoms with van der Waals surface area (Å²) in [5, 5.41) is 25.2. The van der Waals surface area contributed by atoms with Crippen LogP contribution in [0.15, 0.2) is 66.7 Å². The summed E-state index contributed by atoms with van der Waals surface area (Å²) in [6.45, 7) is 6.70. The quantitative estimate of drug-likeness (QED) is 0.216. The molecule has 10 heteroatoms. The molecule has 220 valence electrons. The number of alkyl carbamates (subject to hydrolysis) is 1. The van der Waals surface area contributed by atoms with Gasteiger partial charge in [-0.25, -0.2) is 4.79 Å². The number of phenolic OH excluding ortho intramolecular Hbond substituents is 2. The Kier molecular flexibility index (Phi) is 10.0. The number of carbonyl (C=O) groups is 3. The lowest BCUT2D eigenvalue weighted by molar-refractivity contribution is -0.136. The van der Waals surface area contributed by atoms with Gasteiger partial charge in [-0.15, -0.1) is 0 Å². The van der Waals surface area contributed by atoms with Gasteiger partial charge in [0, 0.05) is 18.2 Å². The number of anilines is 1. The molecule has 0 bridgehead atoms. The Morgan fingerprint density at radius 1 is 1.00 bits per heavy atom. The van der Waals surface area contributed by atoms with Crippen LogP contribution in [0.5, 0.6) is 17.2 Å². The summed E-state index contributed by atoms with van der Waals surface area (Å²) in [5.41, 5.74) is 0.999. The number of nitrogens with one attached hydrogen (secondary N) is 2. The number of terminal acetylenes is 1. The minimum absolute atomic E-state index is 0.00319. The molecular weight excluding hydrogens is 538 g/mol. The summed E-state index contributed by atoms with van der Waals surface area (Å²) in [6.07, 6.45) is 5.00. The molecule has 0 spiro atoms. The SMILES string of the molecule is C#CN(C(=O)C(Cc1ccc(O)cc1)NC(=O)OC(C)(C)C)C(C(=O)Nc1ccc(OC)cc1)c1ccc(O)c(C)c1. The van der Waals surface area contributed by atoms with E-state index in [1.807, 2.05) is 0 Å². The zero-order valence-electron chi connectivity index (χ0n) is 24.2. The number of benzene rings is 3. The van der Waals surface area contributed by atoms with Gasteiger partial charge in [0.05, 0.1) is 7.11 Å². The van der Waals surface area contributed by atoms with Crippen molar-refractivity contribution in [1.29, 1.82) is 0 Å². The van der Waals surface area contributed by atoms with E-state index in [1.165, 1.54) is 31.4 Å². The van der Waals surface area contributed by atoms with Gasteiger partial charge in [-0.05, 0) is 92.9 Å². The number of ether oxygens (including phenoxy) is 2. The number of carbonyl (C=O) groups excluding carboxylic acids is 3. The fourth-order valence-electron chi connectivity index (χ4n) is 4.10. The van der Waals surface area contributed by atoms with Crippen LogP contribution in [0.1, 0.15) is 43.5 Å². The van der Waals surface area contributed by atoms with Gasteiger partial charge in [0.15, 0.2) is 0 Å². The molecule has 3 aromatic rings. The van der Waals surface area contributed by atoms with Crippen LogP contribution in [0.2, 0.25) is 0 Å². The van der Waals surface area contributed by atoms with Crippen LogP contribution in [-0.2, 0) is 20.7 Å². The minimum atomic E-state index is -1.34. The predicted molar refractivity (Wildman–Crippen MR) is 158 cm³/mol. The van der Waals surface area contributed by atoms with Gasteiger partial charge in [0.25, 0.3) is 11.8 Å². The third-order valence-corrected chi connectivity index (χ3v) is 6.14. The summed E-state index contributed by atoms with van der Waals surface area (Å²) >= 11 is 0. The van der Waals surface area contributed by atoms with Gasteiger partial charge >= 0.3 is 6.09 Å². The number of nitrogens with zero attached hydrogens (tertiary/aromatic N) is 1. The van der Waals surface area contributed by atoms with Gasteiger partial charge < -0.3 is 30.3 Å². The first-order valence-electron chi connectivity index (χ1n) is 13.1. The molecule has 0 heterocycles. The highest BCUT2D eigenvalue weighted by atomic mass is 16.6. The number of phenols is 2. The van der Waals surface area contributed by atoms with E-state index in [1.54, 1.807) is 70.2 Å². The fourth-order valence-corrected chi connectivity index (χ4v) is 4.10. The highest BCUT2D eigenvalue weighted by Gasteiger charge is 2.36. The maximum absolute atomic E-state index is 14.1. The molecule has 4 N–H and O–H groups in total. The third-order valence-electron chi connectivity index (χ3n) is 6.14. The standard InChI is InChI=1S/C32H35N3O7/c1-7-35(30(39)26(34-31(40)42-32(3,4)5)19-21-8-13-24(36)14-9-21)28(22-10-17-27(37)20(2)18-22)29(38)33-23-11-15-25(41-6)16-12-23/h1,8-18,26,28,36-37H,19H2,2-6H3,(H,33,38)(H,34,40). The Bertz CT molecular complexity index is 1460. The van der Waals surface area contributed by atoms with E-state index in [9.17, 15) is 24.6 Å². The van der Waals surface area contributed by atoms with Gasteiger partial charge in [0.2, 0.25) is 0 Å². The molecule has 10 nitrogen and oxygen atoms in total. The van der Waals surface area contributed by atoms with Crippen molar-refractivity contribution in [2.45, 2.75) is 51.8 Å². The van der Waals surface area contributed by atoms with E-state index in [2.05, 4.69) is 16.7 Å². The van der Waals surface area contributed by atoms with Crippen molar-refractivity contribution in [1.82, 2.24) is 10.2 Å². The normalized spacial score (nSPS) is 12.3. The Labute approximate surface area is 245 Å². The Morgan fingerprint density at radius 3 is 2.19 bits per heavy atom. The molecule has 3 amide bonds. The van der Waals surface area contributed by atoms with Gasteiger partial charge in [-0.1, -0.05) is 24.6 Å². The molecule has 0 aliphatic carbocycles. The molecule has 42 heavy (non-hydrogen) atoms. The number of hydrogen-bond donors (Lipinski definition) is 4. The summed E-state index contributed by atoms with van der Waals surface area (Å²) < 4.78 is 10.5. The maximum atomic E-state index is 14.1. The van der Waals surface area contributed by atoms with Crippen LogP contribution >= 0.6 is 0 Å². The Balaban J connectivity index is 2.02. The molecule has 2 atom stereocenters. The van der Waals surface area contributed by atoms with Crippen LogP contribution in [0.4, 0.5) is 10.5 Å². The van der Waals surface area contributed by atoms with Crippen molar-refractivity contribution in [2.75, 3.05) is 12.4 Å². The van der Waals surface area contributed by atoms with E-state index in [-0.39, 0.29) is 17.9 Å². The van der Waals surface area contributed by atoms with Gasteiger partial charge in [-0.3, -0.25) is 14.5 Å². The molecule has 2 unspecified atom stereocenters. The molecule has 0 saturated carbocycles. The molecule has 0 aliphatic heterocycles. The van der Waals surface area contributed by atoms with Crippen molar-refractivity contribution in [3.63, 3.8) is 0 Å². The molecule has 0 aliphatic rings. The molecule has 0 fully saturated rings. The largest absolute Gasteiger partial charge is 0.508 e. The van der Waals surface area contributed by atoms with E-state index in [0.717, 1.165) is 4.90 Å². The molecule has 3 aromatic carbocycles. The van der Waals surface area contributed by atoms with E-state index >= 15 is 0 Å². The van der Waals surface area contributed by atoms with Crippen molar-refractivity contribution in [3.05, 3.63) is 83.4 Å². The highest BCUT2D eigenvalue weighted by molar-refractivity contribution is 5.99. The molecule has 0 aromatic heterocycles. The Morgan fingerprint density at radius 2 is 1.64 bits per heavy atom. The van der Waals surface area contributed by atoms with Crippen LogP contribution < -0.4 is 15.4 Å². The lowest BCUT2D eigenvalue weighted by Gasteiger charge is -2.30. The van der Waals surface area contributed by atoms with Crippen LogP contribution in [0.25, 0.3) is 0 Å². The number of aryl methyl sites for hydroxylation is 1. The first kappa shape index (κ1) is 31.4. The van der Waals surface area contributed by atoms with E-state index in [0.29, 0.717) is 28.1 Å². The molecule has 0 radical (unpaired) electrons. The first-order chi connectivity index (χ1) is 19.8. The number of aromatic hydroxyl groups is 2. The zero-order chi connectivity index (χ0) is 31.0. The van der Waals surface area contributed by atoms with Crippen LogP contribution in [0.3, 0.4) is 0 Å². The Hall–Kier alpha value is -5.17. The summed E-state index contributed by atoms with van der Waals surface area (Å²) in [4.78, 5) is 41.5. The van der Waals surface area contributed by atoms with Gasteiger partial charge in [-0.2, -0.15) is 0 Å². The van der Waals surface area contributed by atoms with Crippen molar-refractivity contribution >= 4 is 23.6 Å². The van der Waals surface area contributed by atoms with E-state index < -0.39 is 35.6 Å². The molecule has 0 saturated heterocycles. The lowest BCUT2D eigenvalue weighted by atomic mass is 9.99. The third kappa shape index (κ3) is 8.41. The number of hydrogen-bond acceptors (Lipinski definition) is 7. The maximum Gasteiger partial charge on any atom is 0.408 e. The predicted octanol–water partition coefficient (Wildman–Crippen LogP) is 4.65. The van der Waals surface area contributed by atoms with Crippen LogP contribution in [0, 0.1) is 19.4 Å². The summed E-state index contributed by atoms with van der Waals surface area (Å²) in [7, 11) is 1.52.